The number of rotatable bonds is 24. The maximum Gasteiger partial charge on any atom is 0.338 e. The van der Waals surface area contributed by atoms with E-state index in [1.54, 1.807) is 83.2 Å². The molecule has 662 valence electrons. The fourth-order valence-electron chi connectivity index (χ4n) is 16.1. The van der Waals surface area contributed by atoms with E-state index in [4.69, 9.17) is 37.9 Å². The first-order chi connectivity index (χ1) is 58.3. The van der Waals surface area contributed by atoms with Gasteiger partial charge in [-0.2, -0.15) is 0 Å². The van der Waals surface area contributed by atoms with Gasteiger partial charge in [0.05, 0.1) is 42.2 Å². The van der Waals surface area contributed by atoms with Crippen molar-refractivity contribution in [3.05, 3.63) is 86.5 Å². The summed E-state index contributed by atoms with van der Waals surface area (Å²) < 4.78 is 50.6. The second kappa shape index (κ2) is 40.1. The Morgan fingerprint density at radius 2 is 0.689 bits per heavy atom. The third-order valence-electron chi connectivity index (χ3n) is 22.9. The third kappa shape index (κ3) is 20.6. The van der Waals surface area contributed by atoms with Crippen molar-refractivity contribution < 1.29 is 97.9 Å². The van der Waals surface area contributed by atoms with E-state index < -0.39 is 116 Å². The van der Waals surface area contributed by atoms with Gasteiger partial charge in [-0.15, -0.1) is 0 Å². The summed E-state index contributed by atoms with van der Waals surface area (Å²) in [4.78, 5) is 99.9. The molecule has 0 bridgehead atoms. The Bertz CT molecular complexity index is 4950. The van der Waals surface area contributed by atoms with Gasteiger partial charge in [0.15, 0.2) is 92.8 Å². The molecule has 4 saturated heterocycles. The first kappa shape index (κ1) is 89.8. The summed E-state index contributed by atoms with van der Waals surface area (Å²) in [6, 6.07) is 10.0. The summed E-state index contributed by atoms with van der Waals surface area (Å²) in [6.07, 6.45) is 13.7. The normalized spacial score (nSPS) is 26.9. The van der Waals surface area contributed by atoms with Gasteiger partial charge in [0.1, 0.15) is 125 Å². The molecule has 4 saturated carbocycles. The zero-order chi connectivity index (χ0) is 85.3. The van der Waals surface area contributed by atoms with Gasteiger partial charge in [0.25, 0.3) is 0 Å². The first-order valence-electron chi connectivity index (χ1n) is 41.8. The van der Waals surface area contributed by atoms with E-state index in [0.29, 0.717) is 97.7 Å². The average molecular weight is 1700 g/mol. The van der Waals surface area contributed by atoms with Gasteiger partial charge < -0.3 is 100 Å². The highest BCUT2D eigenvalue weighted by atomic mass is 16.6. The number of nitrogens with zero attached hydrogens (tertiary/aromatic N) is 16. The lowest BCUT2D eigenvalue weighted by Gasteiger charge is -2.20. The van der Waals surface area contributed by atoms with Crippen molar-refractivity contribution in [2.75, 3.05) is 47.7 Å². The van der Waals surface area contributed by atoms with Crippen LogP contribution in [0.5, 0.6) is 0 Å². The number of aliphatic hydroxyl groups is 8. The molecule has 16 atom stereocenters. The van der Waals surface area contributed by atoms with Crippen molar-refractivity contribution in [1.82, 2.24) is 78.1 Å². The fourth-order valence-corrected chi connectivity index (χ4v) is 16.1. The molecule has 8 aliphatic rings. The van der Waals surface area contributed by atoms with E-state index in [1.165, 1.54) is 102 Å². The van der Waals surface area contributed by atoms with Gasteiger partial charge in [-0.3, -0.25) is 32.7 Å². The molecule has 0 radical (unpaired) electrons. The van der Waals surface area contributed by atoms with Crippen LogP contribution in [0.3, 0.4) is 0 Å². The molecule has 4 aliphatic carbocycles. The topological polar surface area (TPSA) is 526 Å². The Labute approximate surface area is 703 Å². The van der Waals surface area contributed by atoms with Crippen LogP contribution in [0.2, 0.25) is 0 Å². The van der Waals surface area contributed by atoms with Crippen LogP contribution in [-0.4, -0.2) is 267 Å². The van der Waals surface area contributed by atoms with Crippen LogP contribution in [-0.2, 0) is 52.3 Å². The number of aromatic nitrogens is 16. The summed E-state index contributed by atoms with van der Waals surface area (Å²) in [5.41, 5.74) is 4.03. The molecule has 1 aromatic carbocycles. The predicted molar refractivity (Wildman–Crippen MR) is 439 cm³/mol. The number of hydrogen-bond donors (Lipinski definition) is 12. The van der Waals surface area contributed by atoms with Crippen molar-refractivity contribution in [2.45, 2.75) is 287 Å². The number of benzene rings is 1. The van der Waals surface area contributed by atoms with Crippen LogP contribution >= 0.6 is 0 Å². The summed E-state index contributed by atoms with van der Waals surface area (Å²) >= 11 is 0. The highest BCUT2D eigenvalue weighted by Gasteiger charge is 2.49. The minimum Gasteiger partial charge on any atom is -0.463 e. The molecule has 0 unspecified atom stereocenters. The minimum atomic E-state index is -1.24. The SMILES string of the molecule is C.CC(C)(C)C(=O)OC[C@H]1O[C@@H](n2cnc3c(NC4CCCC4)ncnc32)[C@H](O)[C@@H]1O.CC(C)C(=O)OC[C@H]1O[C@@H](n2cnc3c(NC4CCCC4)ncnc32)[C@H](O)[C@@H]1O.CC(C)CC(=O)OC[C@H]1O[C@@H](n2cnc3c(NC4CCCC4)ncnc32)[C@H](O)[C@@H]1O.O=C(OC[C@H]1O[C@@H](n2cnc3c(NC4CCCC4)ncnc32)[C@H](O)[C@@H]1O)c1ccccc1. The van der Waals surface area contributed by atoms with Crippen LogP contribution in [0.1, 0.15) is 200 Å². The van der Waals surface area contributed by atoms with Crippen molar-refractivity contribution in [1.29, 1.82) is 0 Å². The van der Waals surface area contributed by atoms with E-state index in [9.17, 15) is 60.0 Å². The molecule has 40 heteroatoms. The Morgan fingerprint density at radius 1 is 0.402 bits per heavy atom. The number of nitrogens with one attached hydrogen (secondary N) is 4. The van der Waals surface area contributed by atoms with Crippen LogP contribution in [0, 0.1) is 17.3 Å². The highest BCUT2D eigenvalue weighted by molar-refractivity contribution is 5.89. The van der Waals surface area contributed by atoms with E-state index >= 15 is 0 Å². The largest absolute Gasteiger partial charge is 0.463 e. The van der Waals surface area contributed by atoms with Crippen LogP contribution in [0.15, 0.2) is 81.0 Å². The number of anilines is 4. The number of imidazole rings is 4. The van der Waals surface area contributed by atoms with Crippen molar-refractivity contribution in [3.8, 4) is 0 Å². The summed E-state index contributed by atoms with van der Waals surface area (Å²) in [6.45, 7) is 11.9. The maximum absolute atomic E-state index is 12.2. The second-order valence-electron chi connectivity index (χ2n) is 33.8. The number of aliphatic hydroxyl groups excluding tert-OH is 8. The Hall–Kier alpha value is -9.98. The highest BCUT2D eigenvalue weighted by Crippen LogP contribution is 2.39. The number of ether oxygens (including phenoxy) is 8. The summed E-state index contributed by atoms with van der Waals surface area (Å²) in [7, 11) is 0. The van der Waals surface area contributed by atoms with Crippen molar-refractivity contribution in [2.24, 2.45) is 17.3 Å². The average Bonchev–Trinajstić information content (AvgIpc) is 1.63. The van der Waals surface area contributed by atoms with Gasteiger partial charge in [-0.05, 0) is 90.2 Å². The molecule has 0 spiro atoms. The third-order valence-corrected chi connectivity index (χ3v) is 22.9. The minimum absolute atomic E-state index is 0. The lowest BCUT2D eigenvalue weighted by atomic mass is 9.97. The van der Waals surface area contributed by atoms with Crippen LogP contribution in [0.4, 0.5) is 23.3 Å². The number of fused-ring (bicyclic) bond motifs is 4. The van der Waals surface area contributed by atoms with E-state index in [0.717, 1.165) is 51.4 Å². The second-order valence-corrected chi connectivity index (χ2v) is 33.8. The number of carbonyl (C=O) groups excluding carboxylic acids is 4. The Kier molecular flexibility index (Phi) is 29.5. The number of esters is 4. The van der Waals surface area contributed by atoms with E-state index in [-0.39, 0.29) is 64.0 Å². The predicted octanol–water partition coefficient (Wildman–Crippen LogP) is 6.07. The number of carbonyl (C=O) groups is 4. The standard InChI is InChI=1S/C22H25N5O5.2C20H29N5O5.C19H27N5O5.CH4/c28-17-15(10-31-22(30)13-6-2-1-3-7-13)32-21(18(17)29)27-12-25-16-19(23-11-24-20(16)27)26-14-8-4-5-9-14;1-20(2,3)19(28)29-8-12-14(26)15(27)18(30-12)25-10-23-13-16(21-9-22-17(13)25)24-11-6-4-5-7-11;1-11(2)7-14(26)29-8-13-16(27)17(28)20(30-13)25-10-23-15-18(21-9-22-19(15)25)24-12-5-3-4-6-12;1-10(2)19(27)28-7-12-14(25)15(26)18(29-12)24-9-22-13-16(20-8-21-17(13)24)23-11-5-3-4-6-11;/h1-3,6-7,11-12,14-15,17-18,21,28-29H,4-5,8-10H2,(H,23,24,26);9-12,14-15,18,26-27H,4-8H2,1-3H3,(H,21,22,24);9-13,16-17,20,27-28H,3-8H2,1-2H3,(H,21,22,24);8-12,14-15,18,25-26H,3-7H2,1-2H3,(H,20,21,23);1H4/t15-,17-,18-,21-;12-,14-,15-,18-;13-,16-,17-,20-;12-,14-,15-,18-;/m1111./s1. The zero-order valence-electron chi connectivity index (χ0n) is 68.7. The molecule has 12 N–H and O–H groups in total. The number of hydrogen-bond acceptors (Lipinski definition) is 36. The van der Waals surface area contributed by atoms with Crippen molar-refractivity contribution in [3.63, 3.8) is 0 Å². The van der Waals surface area contributed by atoms with Gasteiger partial charge in [0.2, 0.25) is 0 Å². The quantitative estimate of drug-likeness (QED) is 0.0241. The molecule has 8 aromatic heterocycles. The smallest absolute Gasteiger partial charge is 0.338 e. The molecule has 17 rings (SSSR count). The Morgan fingerprint density at radius 3 is 0.975 bits per heavy atom. The molecule has 122 heavy (non-hydrogen) atoms. The molecule has 9 aromatic rings. The van der Waals surface area contributed by atoms with Gasteiger partial charge in [-0.25, -0.2) is 64.6 Å². The fraction of sp³-hybridized carbons (Fsp3) is 0.634. The zero-order valence-corrected chi connectivity index (χ0v) is 68.7. The molecule has 0 amide bonds. The maximum atomic E-state index is 12.2. The molecule has 12 heterocycles. The molecular weight excluding hydrogens is 1590 g/mol. The molecule has 8 fully saturated rings. The molecule has 4 aliphatic heterocycles. The van der Waals surface area contributed by atoms with E-state index in [1.807, 2.05) is 13.8 Å². The summed E-state index contributed by atoms with van der Waals surface area (Å²) in [5, 5.41) is 97.6. The van der Waals surface area contributed by atoms with E-state index in [2.05, 4.69) is 81.1 Å². The lowest BCUT2D eigenvalue weighted by molar-refractivity contribution is -0.159. The monoisotopic (exact) mass is 1700 g/mol. The van der Waals surface area contributed by atoms with Crippen LogP contribution < -0.4 is 21.3 Å². The molecule has 40 nitrogen and oxygen atoms in total. The van der Waals surface area contributed by atoms with Crippen molar-refractivity contribution >= 4 is 91.8 Å². The van der Waals surface area contributed by atoms with Gasteiger partial charge in [-0.1, -0.05) is 105 Å². The van der Waals surface area contributed by atoms with Gasteiger partial charge >= 0.3 is 23.9 Å². The first-order valence-corrected chi connectivity index (χ1v) is 41.8. The summed E-state index contributed by atoms with van der Waals surface area (Å²) in [5.74, 6) is 0.806. The lowest BCUT2D eigenvalue weighted by Crippen LogP contribution is -2.35. The van der Waals surface area contributed by atoms with Crippen LogP contribution in [0.25, 0.3) is 44.7 Å². The molecular formula is C82H114N20O20. The van der Waals surface area contributed by atoms with Gasteiger partial charge in [0, 0.05) is 30.6 Å². The Balaban J connectivity index is 0.000000140.